The number of amides is 3. The molecule has 2 atom stereocenters. The molecule has 2 heterocycles. The number of piperidine rings is 1. The van der Waals surface area contributed by atoms with Crippen LogP contribution in [0.15, 0.2) is 0 Å². The molecule has 2 aliphatic rings. The fourth-order valence-electron chi connectivity index (χ4n) is 3.45. The number of carbonyl (C=O) groups is 2. The van der Waals surface area contributed by atoms with E-state index in [1.165, 1.54) is 11.3 Å². The Morgan fingerprint density at radius 1 is 1.15 bits per heavy atom. The zero-order valence-corrected chi connectivity index (χ0v) is 13.1. The molecule has 5 nitrogen and oxygen atoms in total. The van der Waals surface area contributed by atoms with Gasteiger partial charge in [-0.15, -0.1) is 0 Å². The van der Waals surface area contributed by atoms with Crippen molar-refractivity contribution in [1.29, 1.82) is 0 Å². The van der Waals surface area contributed by atoms with Gasteiger partial charge in [0.1, 0.15) is 5.54 Å². The van der Waals surface area contributed by atoms with Crippen molar-refractivity contribution in [3.8, 4) is 0 Å². The summed E-state index contributed by atoms with van der Waals surface area (Å²) in [4.78, 5) is 27.6. The number of rotatable bonds is 4. The standard InChI is InChI=1S/C15H27N3O2/c1-11-8-12(2)10-17(9-11)6-5-7-18-13(19)15(3,4)16-14(18)20/h11-12H,5-10H2,1-4H3,(H,16,20)/t11-,12-/m0/s1. The number of hydrogen-bond donors (Lipinski definition) is 1. The minimum Gasteiger partial charge on any atom is -0.324 e. The monoisotopic (exact) mass is 281 g/mol. The van der Waals surface area contributed by atoms with Crippen LogP contribution in [0.1, 0.15) is 40.5 Å². The number of likely N-dealkylation sites (tertiary alicyclic amines) is 1. The van der Waals surface area contributed by atoms with Crippen molar-refractivity contribution in [3.63, 3.8) is 0 Å². The smallest absolute Gasteiger partial charge is 0.324 e. The first-order chi connectivity index (χ1) is 9.29. The Balaban J connectivity index is 1.79. The van der Waals surface area contributed by atoms with Crippen molar-refractivity contribution in [2.75, 3.05) is 26.2 Å². The van der Waals surface area contributed by atoms with Crippen LogP contribution < -0.4 is 5.32 Å². The molecule has 0 spiro atoms. The molecule has 2 saturated heterocycles. The van der Waals surface area contributed by atoms with Crippen molar-refractivity contribution in [2.45, 2.75) is 46.1 Å². The number of carbonyl (C=O) groups excluding carboxylic acids is 2. The molecule has 5 heteroatoms. The molecule has 0 saturated carbocycles. The molecular formula is C15H27N3O2. The molecule has 20 heavy (non-hydrogen) atoms. The molecule has 0 radical (unpaired) electrons. The van der Waals surface area contributed by atoms with Crippen LogP contribution in [0.4, 0.5) is 4.79 Å². The molecule has 0 aromatic rings. The number of nitrogens with zero attached hydrogens (tertiary/aromatic N) is 2. The minimum absolute atomic E-state index is 0.108. The van der Waals surface area contributed by atoms with E-state index in [-0.39, 0.29) is 11.9 Å². The summed E-state index contributed by atoms with van der Waals surface area (Å²) in [6.45, 7) is 11.8. The summed E-state index contributed by atoms with van der Waals surface area (Å²) >= 11 is 0. The van der Waals surface area contributed by atoms with Gasteiger partial charge in [0, 0.05) is 19.6 Å². The molecule has 2 fully saturated rings. The number of imide groups is 1. The molecule has 0 aliphatic carbocycles. The van der Waals surface area contributed by atoms with Gasteiger partial charge in [-0.2, -0.15) is 0 Å². The maximum absolute atomic E-state index is 12.1. The van der Waals surface area contributed by atoms with Gasteiger partial charge in [0.2, 0.25) is 0 Å². The number of nitrogens with one attached hydrogen (secondary N) is 1. The second-order valence-corrected chi connectivity index (χ2v) is 7.07. The van der Waals surface area contributed by atoms with Gasteiger partial charge in [-0.3, -0.25) is 9.69 Å². The molecule has 0 aromatic carbocycles. The lowest BCUT2D eigenvalue weighted by molar-refractivity contribution is -0.130. The Kier molecular flexibility index (Phi) is 4.37. The van der Waals surface area contributed by atoms with Crippen molar-refractivity contribution < 1.29 is 9.59 Å². The predicted molar refractivity (Wildman–Crippen MR) is 78.3 cm³/mol. The number of hydrogen-bond acceptors (Lipinski definition) is 3. The van der Waals surface area contributed by atoms with Gasteiger partial charge in [0.15, 0.2) is 0 Å². The zero-order chi connectivity index (χ0) is 14.9. The van der Waals surface area contributed by atoms with Crippen molar-refractivity contribution in [2.24, 2.45) is 11.8 Å². The lowest BCUT2D eigenvalue weighted by atomic mass is 9.92. The van der Waals surface area contributed by atoms with E-state index in [4.69, 9.17) is 0 Å². The van der Waals surface area contributed by atoms with Crippen LogP contribution in [0, 0.1) is 11.8 Å². The van der Waals surface area contributed by atoms with Crippen molar-refractivity contribution >= 4 is 11.9 Å². The Morgan fingerprint density at radius 2 is 1.75 bits per heavy atom. The van der Waals surface area contributed by atoms with Gasteiger partial charge in [-0.25, -0.2) is 4.79 Å². The largest absolute Gasteiger partial charge is 0.325 e. The van der Waals surface area contributed by atoms with Gasteiger partial charge in [-0.1, -0.05) is 13.8 Å². The molecule has 2 rings (SSSR count). The Labute approximate surface area is 121 Å². The highest BCUT2D eigenvalue weighted by molar-refractivity contribution is 6.06. The van der Waals surface area contributed by atoms with E-state index in [0.29, 0.717) is 6.54 Å². The van der Waals surface area contributed by atoms with Gasteiger partial charge in [-0.05, 0) is 45.1 Å². The van der Waals surface area contributed by atoms with Crippen LogP contribution in [0.5, 0.6) is 0 Å². The highest BCUT2D eigenvalue weighted by atomic mass is 16.2. The molecule has 0 unspecified atom stereocenters. The van der Waals surface area contributed by atoms with E-state index >= 15 is 0 Å². The van der Waals surface area contributed by atoms with Crippen LogP contribution >= 0.6 is 0 Å². The third-order valence-corrected chi connectivity index (χ3v) is 4.24. The summed E-state index contributed by atoms with van der Waals surface area (Å²) in [7, 11) is 0. The first kappa shape index (κ1) is 15.3. The normalized spacial score (nSPS) is 30.7. The predicted octanol–water partition coefficient (Wildman–Crippen LogP) is 1.68. The van der Waals surface area contributed by atoms with E-state index in [1.54, 1.807) is 13.8 Å². The quantitative estimate of drug-likeness (QED) is 0.798. The second kappa shape index (κ2) is 5.72. The van der Waals surface area contributed by atoms with Crippen LogP contribution in [0.2, 0.25) is 0 Å². The summed E-state index contributed by atoms with van der Waals surface area (Å²) in [6.07, 6.45) is 2.16. The Morgan fingerprint density at radius 3 is 2.25 bits per heavy atom. The topological polar surface area (TPSA) is 52.6 Å². The molecule has 1 N–H and O–H groups in total. The third-order valence-electron chi connectivity index (χ3n) is 4.24. The average Bonchev–Trinajstić information content (AvgIpc) is 2.49. The van der Waals surface area contributed by atoms with Gasteiger partial charge in [0.05, 0.1) is 0 Å². The summed E-state index contributed by atoms with van der Waals surface area (Å²) in [5, 5.41) is 2.72. The van der Waals surface area contributed by atoms with Crippen LogP contribution in [-0.4, -0.2) is 53.5 Å². The zero-order valence-electron chi connectivity index (χ0n) is 13.1. The third kappa shape index (κ3) is 3.32. The van der Waals surface area contributed by atoms with Crippen LogP contribution in [0.25, 0.3) is 0 Å². The summed E-state index contributed by atoms with van der Waals surface area (Å²) in [6, 6.07) is -0.250. The second-order valence-electron chi connectivity index (χ2n) is 7.07. The van der Waals surface area contributed by atoms with E-state index in [2.05, 4.69) is 24.1 Å². The summed E-state index contributed by atoms with van der Waals surface area (Å²) in [5.74, 6) is 1.38. The lowest BCUT2D eigenvalue weighted by Crippen LogP contribution is -2.41. The molecule has 0 aromatic heterocycles. The Bertz CT molecular complexity index is 385. The molecular weight excluding hydrogens is 254 g/mol. The van der Waals surface area contributed by atoms with E-state index in [0.717, 1.165) is 37.9 Å². The highest BCUT2D eigenvalue weighted by Gasteiger charge is 2.43. The summed E-state index contributed by atoms with van der Waals surface area (Å²) < 4.78 is 0. The van der Waals surface area contributed by atoms with Gasteiger partial charge >= 0.3 is 6.03 Å². The van der Waals surface area contributed by atoms with Gasteiger partial charge in [0.25, 0.3) is 5.91 Å². The van der Waals surface area contributed by atoms with E-state index < -0.39 is 5.54 Å². The lowest BCUT2D eigenvalue weighted by Gasteiger charge is -2.35. The molecule has 3 amide bonds. The molecule has 2 aliphatic heterocycles. The first-order valence-corrected chi connectivity index (χ1v) is 7.66. The van der Waals surface area contributed by atoms with E-state index in [1.807, 2.05) is 0 Å². The fraction of sp³-hybridized carbons (Fsp3) is 0.867. The average molecular weight is 281 g/mol. The molecule has 114 valence electrons. The van der Waals surface area contributed by atoms with Crippen molar-refractivity contribution in [3.05, 3.63) is 0 Å². The highest BCUT2D eigenvalue weighted by Crippen LogP contribution is 2.21. The first-order valence-electron chi connectivity index (χ1n) is 7.66. The minimum atomic E-state index is -0.745. The summed E-state index contributed by atoms with van der Waals surface area (Å²) in [5.41, 5.74) is -0.745. The van der Waals surface area contributed by atoms with E-state index in [9.17, 15) is 9.59 Å². The maximum Gasteiger partial charge on any atom is 0.325 e. The molecule has 0 bridgehead atoms. The maximum atomic E-state index is 12.1. The fourth-order valence-corrected chi connectivity index (χ4v) is 3.45. The number of urea groups is 1. The van der Waals surface area contributed by atoms with Crippen LogP contribution in [0.3, 0.4) is 0 Å². The SMILES string of the molecule is C[C@H]1C[C@H](C)CN(CCCN2C(=O)NC(C)(C)C2=O)C1. The van der Waals surface area contributed by atoms with Gasteiger partial charge < -0.3 is 10.2 Å². The van der Waals surface area contributed by atoms with Crippen molar-refractivity contribution in [1.82, 2.24) is 15.1 Å². The van der Waals surface area contributed by atoms with Crippen LogP contribution in [-0.2, 0) is 4.79 Å². The Hall–Kier alpha value is -1.10.